The second kappa shape index (κ2) is 6.29. The normalized spacial score (nSPS) is 22.9. The molecular formula is C15H21ClN2O. The lowest BCUT2D eigenvalue weighted by molar-refractivity contribution is 0.0963. The molecule has 1 saturated carbocycles. The highest BCUT2D eigenvalue weighted by atomic mass is 35.5. The van der Waals surface area contributed by atoms with E-state index < -0.39 is 0 Å². The molecule has 2 unspecified atom stereocenters. The van der Waals surface area contributed by atoms with Crippen LogP contribution >= 0.6 is 11.6 Å². The van der Waals surface area contributed by atoms with Gasteiger partial charge >= 0.3 is 0 Å². The minimum atomic E-state index is -0.148. The molecule has 1 aliphatic rings. The standard InChI is InChI=1S/C15H21ClN2O/c1-10-4-3-5-11(8-10)18-12-6-7-14(16)13(9-12)15(19)17-2/h6-7,9-11,18H,3-5,8H2,1-2H3,(H,17,19). The molecule has 0 aromatic heterocycles. The van der Waals surface area contributed by atoms with Gasteiger partial charge in [-0.25, -0.2) is 0 Å². The predicted octanol–water partition coefficient (Wildman–Crippen LogP) is 3.69. The van der Waals surface area contributed by atoms with E-state index in [1.165, 1.54) is 25.7 Å². The van der Waals surface area contributed by atoms with Crippen LogP contribution in [0, 0.1) is 5.92 Å². The number of carbonyl (C=O) groups excluding carboxylic acids is 1. The Kier molecular flexibility index (Phi) is 4.70. The summed E-state index contributed by atoms with van der Waals surface area (Å²) in [7, 11) is 1.61. The third-order valence-corrected chi connectivity index (χ3v) is 4.07. The highest BCUT2D eigenvalue weighted by molar-refractivity contribution is 6.34. The number of hydrogen-bond donors (Lipinski definition) is 2. The van der Waals surface area contributed by atoms with E-state index in [2.05, 4.69) is 17.6 Å². The Hall–Kier alpha value is -1.22. The van der Waals surface area contributed by atoms with Crippen LogP contribution in [0.4, 0.5) is 5.69 Å². The van der Waals surface area contributed by atoms with Crippen molar-refractivity contribution in [3.63, 3.8) is 0 Å². The molecule has 3 nitrogen and oxygen atoms in total. The third kappa shape index (κ3) is 3.63. The van der Waals surface area contributed by atoms with Gasteiger partial charge in [0.15, 0.2) is 0 Å². The average molecular weight is 281 g/mol. The fourth-order valence-electron chi connectivity index (χ4n) is 2.72. The number of nitrogens with one attached hydrogen (secondary N) is 2. The van der Waals surface area contributed by atoms with Gasteiger partial charge in [-0.3, -0.25) is 4.79 Å². The first kappa shape index (κ1) is 14.2. The first-order chi connectivity index (χ1) is 9.10. The number of carbonyl (C=O) groups is 1. The van der Waals surface area contributed by atoms with E-state index in [9.17, 15) is 4.79 Å². The minimum Gasteiger partial charge on any atom is -0.382 e. The van der Waals surface area contributed by atoms with E-state index in [0.717, 1.165) is 11.6 Å². The first-order valence-electron chi connectivity index (χ1n) is 6.88. The van der Waals surface area contributed by atoms with Gasteiger partial charge in [-0.1, -0.05) is 31.4 Å². The molecule has 0 radical (unpaired) electrons. The molecule has 1 fully saturated rings. The van der Waals surface area contributed by atoms with Crippen LogP contribution in [-0.2, 0) is 0 Å². The number of halogens is 1. The topological polar surface area (TPSA) is 41.1 Å². The Morgan fingerprint density at radius 2 is 2.16 bits per heavy atom. The van der Waals surface area contributed by atoms with Crippen LogP contribution in [0.25, 0.3) is 0 Å². The highest BCUT2D eigenvalue weighted by Crippen LogP contribution is 2.27. The maximum Gasteiger partial charge on any atom is 0.252 e. The average Bonchev–Trinajstić information content (AvgIpc) is 2.40. The molecule has 0 aliphatic heterocycles. The van der Waals surface area contributed by atoms with E-state index >= 15 is 0 Å². The molecule has 1 aromatic carbocycles. The smallest absolute Gasteiger partial charge is 0.252 e. The van der Waals surface area contributed by atoms with E-state index in [4.69, 9.17) is 11.6 Å². The zero-order valence-electron chi connectivity index (χ0n) is 11.5. The third-order valence-electron chi connectivity index (χ3n) is 3.75. The second-order valence-electron chi connectivity index (χ2n) is 5.39. The Morgan fingerprint density at radius 3 is 2.84 bits per heavy atom. The summed E-state index contributed by atoms with van der Waals surface area (Å²) in [4.78, 5) is 11.7. The zero-order chi connectivity index (χ0) is 13.8. The Labute approximate surface area is 119 Å². The largest absolute Gasteiger partial charge is 0.382 e. The molecule has 0 saturated heterocycles. The van der Waals surface area contributed by atoms with Gasteiger partial charge in [0.1, 0.15) is 0 Å². The fraction of sp³-hybridized carbons (Fsp3) is 0.533. The molecule has 104 valence electrons. The van der Waals surface area contributed by atoms with Gasteiger partial charge in [0, 0.05) is 18.8 Å². The van der Waals surface area contributed by atoms with E-state index in [-0.39, 0.29) is 5.91 Å². The number of benzene rings is 1. The van der Waals surface area contributed by atoms with Crippen LogP contribution < -0.4 is 10.6 Å². The highest BCUT2D eigenvalue weighted by Gasteiger charge is 2.19. The molecular weight excluding hydrogens is 260 g/mol. The van der Waals surface area contributed by atoms with Crippen LogP contribution in [0.1, 0.15) is 43.0 Å². The van der Waals surface area contributed by atoms with Crippen molar-refractivity contribution in [3.05, 3.63) is 28.8 Å². The number of rotatable bonds is 3. The summed E-state index contributed by atoms with van der Waals surface area (Å²) in [5.74, 6) is 0.627. The van der Waals surface area contributed by atoms with Gasteiger partial charge in [0.2, 0.25) is 0 Å². The number of hydrogen-bond acceptors (Lipinski definition) is 2. The summed E-state index contributed by atoms with van der Waals surface area (Å²) in [6.45, 7) is 2.30. The maximum atomic E-state index is 11.7. The summed E-state index contributed by atoms with van der Waals surface area (Å²) >= 11 is 6.05. The summed E-state index contributed by atoms with van der Waals surface area (Å²) in [5, 5.41) is 6.62. The van der Waals surface area contributed by atoms with Gasteiger partial charge < -0.3 is 10.6 Å². The summed E-state index contributed by atoms with van der Waals surface area (Å²) < 4.78 is 0. The van der Waals surface area contributed by atoms with Crippen molar-refractivity contribution in [3.8, 4) is 0 Å². The van der Waals surface area contributed by atoms with Gasteiger partial charge in [-0.2, -0.15) is 0 Å². The number of amides is 1. The fourth-order valence-corrected chi connectivity index (χ4v) is 2.93. The number of anilines is 1. The Bertz CT molecular complexity index is 461. The van der Waals surface area contributed by atoms with Crippen LogP contribution in [0.2, 0.25) is 5.02 Å². The van der Waals surface area contributed by atoms with E-state index in [1.807, 2.05) is 12.1 Å². The van der Waals surface area contributed by atoms with Crippen molar-refractivity contribution in [1.82, 2.24) is 5.32 Å². The van der Waals surface area contributed by atoms with Crippen molar-refractivity contribution in [1.29, 1.82) is 0 Å². The molecule has 1 aromatic rings. The predicted molar refractivity (Wildman–Crippen MR) is 79.9 cm³/mol. The molecule has 0 bridgehead atoms. The Balaban J connectivity index is 2.10. The minimum absolute atomic E-state index is 0.148. The summed E-state index contributed by atoms with van der Waals surface area (Å²) in [6.07, 6.45) is 4.98. The van der Waals surface area contributed by atoms with Crippen molar-refractivity contribution < 1.29 is 4.79 Å². The maximum absolute atomic E-state index is 11.7. The molecule has 1 aliphatic carbocycles. The SMILES string of the molecule is CNC(=O)c1cc(NC2CCCC(C)C2)ccc1Cl. The van der Waals surface area contributed by atoms with E-state index in [1.54, 1.807) is 13.1 Å². The summed E-state index contributed by atoms with van der Waals surface area (Å²) in [5.41, 5.74) is 1.50. The van der Waals surface area contributed by atoms with Gasteiger partial charge in [0.25, 0.3) is 5.91 Å². The molecule has 1 amide bonds. The monoisotopic (exact) mass is 280 g/mol. The van der Waals surface area contributed by atoms with Gasteiger partial charge in [0.05, 0.1) is 10.6 Å². The molecule has 2 N–H and O–H groups in total. The second-order valence-corrected chi connectivity index (χ2v) is 5.79. The lowest BCUT2D eigenvalue weighted by Crippen LogP contribution is -2.26. The molecule has 2 rings (SSSR count). The molecule has 0 spiro atoms. The van der Waals surface area contributed by atoms with Crippen molar-refractivity contribution in [2.75, 3.05) is 12.4 Å². The zero-order valence-corrected chi connectivity index (χ0v) is 12.3. The van der Waals surface area contributed by atoms with Gasteiger partial charge in [-0.05, 0) is 37.0 Å². The van der Waals surface area contributed by atoms with Crippen LogP contribution in [0.5, 0.6) is 0 Å². The van der Waals surface area contributed by atoms with Crippen LogP contribution in [0.3, 0.4) is 0 Å². The lowest BCUT2D eigenvalue weighted by Gasteiger charge is -2.28. The van der Waals surface area contributed by atoms with Crippen molar-refractivity contribution in [2.24, 2.45) is 5.92 Å². The Morgan fingerprint density at radius 1 is 1.37 bits per heavy atom. The first-order valence-corrected chi connectivity index (χ1v) is 7.26. The molecule has 0 heterocycles. The molecule has 4 heteroatoms. The van der Waals surface area contributed by atoms with Crippen LogP contribution in [-0.4, -0.2) is 19.0 Å². The molecule has 19 heavy (non-hydrogen) atoms. The molecule has 2 atom stereocenters. The summed E-state index contributed by atoms with van der Waals surface area (Å²) in [6, 6.07) is 6.05. The van der Waals surface area contributed by atoms with Crippen LogP contribution in [0.15, 0.2) is 18.2 Å². The van der Waals surface area contributed by atoms with Crippen molar-refractivity contribution in [2.45, 2.75) is 38.6 Å². The quantitative estimate of drug-likeness (QED) is 0.887. The van der Waals surface area contributed by atoms with Gasteiger partial charge in [-0.15, -0.1) is 0 Å². The van der Waals surface area contributed by atoms with Crippen molar-refractivity contribution >= 4 is 23.2 Å². The lowest BCUT2D eigenvalue weighted by atomic mass is 9.87. The van der Waals surface area contributed by atoms with E-state index in [0.29, 0.717) is 16.6 Å².